The van der Waals surface area contributed by atoms with Crippen LogP contribution in [0.3, 0.4) is 0 Å². The Balaban J connectivity index is 2.36. The lowest BCUT2D eigenvalue weighted by Crippen LogP contribution is -2.23. The molecule has 0 fully saturated rings. The predicted molar refractivity (Wildman–Crippen MR) is 52.9 cm³/mol. The standard InChI is InChI=1S/C9H15NO2S/c1-7(5-12-2)9(11)3-8-4-10-6-13-8/h4,6-7,9,11H,3,5H2,1-2H3. The van der Waals surface area contributed by atoms with E-state index in [1.54, 1.807) is 30.2 Å². The number of aliphatic hydroxyl groups excluding tert-OH is 1. The van der Waals surface area contributed by atoms with E-state index in [1.807, 2.05) is 6.92 Å². The average Bonchev–Trinajstić information content (AvgIpc) is 2.57. The molecule has 4 heteroatoms. The summed E-state index contributed by atoms with van der Waals surface area (Å²) in [6.45, 7) is 2.58. The molecular weight excluding hydrogens is 186 g/mol. The van der Waals surface area contributed by atoms with Crippen LogP contribution in [-0.4, -0.2) is 29.9 Å². The first-order valence-corrected chi connectivity index (χ1v) is 5.16. The number of aromatic nitrogens is 1. The van der Waals surface area contributed by atoms with Gasteiger partial charge in [0.2, 0.25) is 0 Å². The van der Waals surface area contributed by atoms with Crippen molar-refractivity contribution in [3.63, 3.8) is 0 Å². The molecule has 2 unspecified atom stereocenters. The molecule has 0 amide bonds. The summed E-state index contributed by atoms with van der Waals surface area (Å²) in [5.74, 6) is 0.173. The Morgan fingerprint density at radius 1 is 1.69 bits per heavy atom. The summed E-state index contributed by atoms with van der Waals surface area (Å²) >= 11 is 1.57. The number of hydrogen-bond donors (Lipinski definition) is 1. The van der Waals surface area contributed by atoms with Crippen LogP contribution in [0.2, 0.25) is 0 Å². The Bertz CT molecular complexity index is 226. The SMILES string of the molecule is COCC(C)C(O)Cc1cncs1. The van der Waals surface area contributed by atoms with Gasteiger partial charge in [0.15, 0.2) is 0 Å². The molecule has 0 aliphatic rings. The van der Waals surface area contributed by atoms with E-state index in [0.29, 0.717) is 13.0 Å². The Labute approximate surface area is 82.4 Å². The van der Waals surface area contributed by atoms with Crippen molar-refractivity contribution < 1.29 is 9.84 Å². The fourth-order valence-electron chi connectivity index (χ4n) is 1.12. The minimum Gasteiger partial charge on any atom is -0.392 e. The van der Waals surface area contributed by atoms with Gasteiger partial charge in [0.25, 0.3) is 0 Å². The quantitative estimate of drug-likeness (QED) is 0.781. The molecule has 0 aromatic carbocycles. The van der Waals surface area contributed by atoms with Crippen molar-refractivity contribution in [1.82, 2.24) is 4.98 Å². The van der Waals surface area contributed by atoms with Crippen LogP contribution < -0.4 is 0 Å². The average molecular weight is 201 g/mol. The van der Waals surface area contributed by atoms with Crippen LogP contribution in [0, 0.1) is 5.92 Å². The maximum atomic E-state index is 9.72. The van der Waals surface area contributed by atoms with E-state index in [-0.39, 0.29) is 12.0 Å². The van der Waals surface area contributed by atoms with Gasteiger partial charge in [0.05, 0.1) is 18.2 Å². The second kappa shape index (κ2) is 5.32. The van der Waals surface area contributed by atoms with Gasteiger partial charge in [-0.25, -0.2) is 0 Å². The van der Waals surface area contributed by atoms with Crippen molar-refractivity contribution in [3.8, 4) is 0 Å². The van der Waals surface area contributed by atoms with Crippen LogP contribution in [-0.2, 0) is 11.2 Å². The normalized spacial score (nSPS) is 15.6. The van der Waals surface area contributed by atoms with Gasteiger partial charge < -0.3 is 9.84 Å². The second-order valence-corrected chi connectivity index (χ2v) is 4.14. The third kappa shape index (κ3) is 3.42. The monoisotopic (exact) mass is 201 g/mol. The molecule has 1 heterocycles. The van der Waals surface area contributed by atoms with Crippen molar-refractivity contribution in [3.05, 3.63) is 16.6 Å². The maximum absolute atomic E-state index is 9.72. The van der Waals surface area contributed by atoms with Gasteiger partial charge in [0.1, 0.15) is 0 Å². The lowest BCUT2D eigenvalue weighted by atomic mass is 10.0. The van der Waals surface area contributed by atoms with Gasteiger partial charge in [-0.2, -0.15) is 0 Å². The number of nitrogens with zero attached hydrogens (tertiary/aromatic N) is 1. The number of thiazole rings is 1. The van der Waals surface area contributed by atoms with Gasteiger partial charge in [-0.3, -0.25) is 4.98 Å². The molecule has 13 heavy (non-hydrogen) atoms. The molecule has 0 aliphatic heterocycles. The molecule has 0 radical (unpaired) electrons. The van der Waals surface area contributed by atoms with Crippen LogP contribution in [0.4, 0.5) is 0 Å². The molecule has 1 rings (SSSR count). The first-order chi connectivity index (χ1) is 6.24. The lowest BCUT2D eigenvalue weighted by Gasteiger charge is -2.16. The molecule has 0 spiro atoms. The third-order valence-electron chi connectivity index (χ3n) is 1.98. The molecular formula is C9H15NO2S. The van der Waals surface area contributed by atoms with Crippen LogP contribution in [0.5, 0.6) is 0 Å². The van der Waals surface area contributed by atoms with E-state index < -0.39 is 0 Å². The highest BCUT2D eigenvalue weighted by Gasteiger charge is 2.14. The maximum Gasteiger partial charge on any atom is 0.0794 e. The molecule has 1 N–H and O–H groups in total. The van der Waals surface area contributed by atoms with Gasteiger partial charge in [-0.15, -0.1) is 11.3 Å². The number of methoxy groups -OCH3 is 1. The summed E-state index contributed by atoms with van der Waals surface area (Å²) in [7, 11) is 1.65. The van der Waals surface area contributed by atoms with Crippen LogP contribution in [0.25, 0.3) is 0 Å². The molecule has 0 bridgehead atoms. The number of aliphatic hydroxyl groups is 1. The molecule has 0 saturated carbocycles. The summed E-state index contributed by atoms with van der Waals surface area (Å²) in [4.78, 5) is 5.08. The molecule has 1 aromatic rings. The fourth-order valence-corrected chi connectivity index (χ4v) is 1.77. The second-order valence-electron chi connectivity index (χ2n) is 3.17. The number of hydrogen-bond acceptors (Lipinski definition) is 4. The highest BCUT2D eigenvalue weighted by atomic mass is 32.1. The Morgan fingerprint density at radius 2 is 2.46 bits per heavy atom. The topological polar surface area (TPSA) is 42.4 Å². The smallest absolute Gasteiger partial charge is 0.0794 e. The van der Waals surface area contributed by atoms with Crippen LogP contribution in [0.1, 0.15) is 11.8 Å². The number of rotatable bonds is 5. The van der Waals surface area contributed by atoms with Crippen LogP contribution in [0.15, 0.2) is 11.7 Å². The van der Waals surface area contributed by atoms with E-state index >= 15 is 0 Å². The summed E-state index contributed by atoms with van der Waals surface area (Å²) < 4.78 is 4.97. The Morgan fingerprint density at radius 3 is 3.00 bits per heavy atom. The molecule has 0 aliphatic carbocycles. The van der Waals surface area contributed by atoms with Crippen molar-refractivity contribution in [2.24, 2.45) is 5.92 Å². The van der Waals surface area contributed by atoms with E-state index in [2.05, 4.69) is 4.98 Å². The van der Waals surface area contributed by atoms with Gasteiger partial charge >= 0.3 is 0 Å². The van der Waals surface area contributed by atoms with Gasteiger partial charge in [0, 0.05) is 30.5 Å². The third-order valence-corrected chi connectivity index (χ3v) is 2.78. The van der Waals surface area contributed by atoms with E-state index in [1.165, 1.54) is 0 Å². The molecule has 2 atom stereocenters. The first-order valence-electron chi connectivity index (χ1n) is 4.28. The summed E-state index contributed by atoms with van der Waals surface area (Å²) in [6.07, 6.45) is 2.14. The van der Waals surface area contributed by atoms with E-state index in [4.69, 9.17) is 4.74 Å². The van der Waals surface area contributed by atoms with Gasteiger partial charge in [-0.05, 0) is 0 Å². The van der Waals surface area contributed by atoms with Gasteiger partial charge in [-0.1, -0.05) is 6.92 Å². The predicted octanol–water partition coefficient (Wildman–Crippen LogP) is 1.33. The van der Waals surface area contributed by atoms with Crippen molar-refractivity contribution in [1.29, 1.82) is 0 Å². The Hall–Kier alpha value is -0.450. The number of ether oxygens (including phenoxy) is 1. The Kier molecular flexibility index (Phi) is 4.35. The fraction of sp³-hybridized carbons (Fsp3) is 0.667. The summed E-state index contributed by atoms with van der Waals surface area (Å²) in [5, 5.41) is 9.72. The first kappa shape index (κ1) is 10.6. The highest BCUT2D eigenvalue weighted by molar-refractivity contribution is 7.09. The van der Waals surface area contributed by atoms with E-state index in [0.717, 1.165) is 4.88 Å². The van der Waals surface area contributed by atoms with E-state index in [9.17, 15) is 5.11 Å². The minimum atomic E-state index is -0.333. The summed E-state index contributed by atoms with van der Waals surface area (Å²) in [5.41, 5.74) is 1.78. The molecule has 74 valence electrons. The van der Waals surface area contributed by atoms with Crippen molar-refractivity contribution in [2.45, 2.75) is 19.4 Å². The molecule has 1 aromatic heterocycles. The van der Waals surface area contributed by atoms with Crippen molar-refractivity contribution >= 4 is 11.3 Å². The largest absolute Gasteiger partial charge is 0.392 e. The zero-order chi connectivity index (χ0) is 9.68. The zero-order valence-corrected chi connectivity index (χ0v) is 8.75. The molecule has 3 nitrogen and oxygen atoms in total. The molecule has 0 saturated heterocycles. The summed E-state index contributed by atoms with van der Waals surface area (Å²) in [6, 6.07) is 0. The minimum absolute atomic E-state index is 0.173. The highest BCUT2D eigenvalue weighted by Crippen LogP contribution is 2.13. The van der Waals surface area contributed by atoms with Crippen molar-refractivity contribution in [2.75, 3.05) is 13.7 Å². The lowest BCUT2D eigenvalue weighted by molar-refractivity contribution is 0.0579. The zero-order valence-electron chi connectivity index (χ0n) is 7.93. The van der Waals surface area contributed by atoms with Crippen LogP contribution >= 0.6 is 11.3 Å².